The van der Waals surface area contributed by atoms with Gasteiger partial charge in [0.2, 0.25) is 5.95 Å². The zero-order valence-electron chi connectivity index (χ0n) is 19.4. The molecule has 0 aromatic carbocycles. The first-order valence-corrected chi connectivity index (χ1v) is 12.0. The van der Waals surface area contributed by atoms with Gasteiger partial charge in [-0.05, 0) is 71.9 Å². The maximum Gasteiger partial charge on any atom is 0.224 e. The molecule has 1 aromatic rings. The third kappa shape index (κ3) is 7.42. The highest BCUT2D eigenvalue weighted by Gasteiger charge is 2.23. The van der Waals surface area contributed by atoms with E-state index in [1.807, 2.05) is 6.20 Å². The highest BCUT2D eigenvalue weighted by Crippen LogP contribution is 2.20. The Labute approximate surface area is 183 Å². The van der Waals surface area contributed by atoms with Crippen LogP contribution in [0.2, 0.25) is 0 Å². The molecule has 2 fully saturated rings. The number of aromatic nitrogens is 2. The van der Waals surface area contributed by atoms with Gasteiger partial charge in [0.15, 0.2) is 0 Å². The zero-order valence-corrected chi connectivity index (χ0v) is 19.4. The fraction of sp³-hybridized carbons (Fsp3) is 0.680. The van der Waals surface area contributed by atoms with Crippen molar-refractivity contribution in [3.8, 4) is 0 Å². The minimum absolute atomic E-state index is 0.567. The van der Waals surface area contributed by atoms with Crippen LogP contribution in [0.15, 0.2) is 35.6 Å². The Morgan fingerprint density at radius 3 is 2.63 bits per heavy atom. The molecule has 1 aromatic heterocycles. The lowest BCUT2D eigenvalue weighted by molar-refractivity contribution is 0.290. The van der Waals surface area contributed by atoms with Gasteiger partial charge in [0, 0.05) is 38.4 Å². The number of allylic oxidation sites excluding steroid dienone is 3. The van der Waals surface area contributed by atoms with Crippen molar-refractivity contribution in [2.75, 3.05) is 42.9 Å². The molecule has 5 heteroatoms. The minimum Gasteiger partial charge on any atom is -0.356 e. The van der Waals surface area contributed by atoms with E-state index in [9.17, 15) is 0 Å². The summed E-state index contributed by atoms with van der Waals surface area (Å²) in [5, 5.41) is 3.53. The molecule has 0 bridgehead atoms. The third-order valence-electron chi connectivity index (χ3n) is 6.33. The van der Waals surface area contributed by atoms with Gasteiger partial charge in [-0.15, -0.1) is 0 Å². The van der Waals surface area contributed by atoms with Crippen molar-refractivity contribution in [2.45, 2.75) is 78.2 Å². The van der Waals surface area contributed by atoms with E-state index in [0.717, 1.165) is 44.4 Å². The highest BCUT2D eigenvalue weighted by atomic mass is 15.2. The first kappa shape index (κ1) is 22.8. The summed E-state index contributed by atoms with van der Waals surface area (Å²) in [5.74, 6) is 1.85. The maximum atomic E-state index is 4.81. The number of hydrogen-bond donors (Lipinski definition) is 1. The van der Waals surface area contributed by atoms with Gasteiger partial charge in [-0.3, -0.25) is 4.90 Å². The number of hydrogen-bond acceptors (Lipinski definition) is 5. The molecule has 2 saturated heterocycles. The van der Waals surface area contributed by atoms with Crippen LogP contribution >= 0.6 is 0 Å². The predicted molar refractivity (Wildman–Crippen MR) is 128 cm³/mol. The van der Waals surface area contributed by atoms with Crippen LogP contribution in [0.3, 0.4) is 0 Å². The Morgan fingerprint density at radius 2 is 1.87 bits per heavy atom. The summed E-state index contributed by atoms with van der Waals surface area (Å²) >= 11 is 0. The van der Waals surface area contributed by atoms with Crippen LogP contribution in [0.5, 0.6) is 0 Å². The van der Waals surface area contributed by atoms with Crippen molar-refractivity contribution in [3.63, 3.8) is 0 Å². The molecular formula is C25H41N5. The molecule has 1 unspecified atom stereocenters. The molecule has 3 rings (SSSR count). The van der Waals surface area contributed by atoms with Crippen LogP contribution in [0, 0.1) is 0 Å². The number of nitrogens with zero attached hydrogens (tertiary/aromatic N) is 4. The minimum atomic E-state index is 0.567. The van der Waals surface area contributed by atoms with Gasteiger partial charge in [-0.2, -0.15) is 4.98 Å². The van der Waals surface area contributed by atoms with E-state index in [4.69, 9.17) is 4.98 Å². The lowest BCUT2D eigenvalue weighted by atomic mass is 10.1. The van der Waals surface area contributed by atoms with E-state index in [-0.39, 0.29) is 0 Å². The second-order valence-corrected chi connectivity index (χ2v) is 9.18. The lowest BCUT2D eigenvalue weighted by Crippen LogP contribution is -2.35. The Hall–Kier alpha value is -1.88. The van der Waals surface area contributed by atoms with Gasteiger partial charge in [0.05, 0.1) is 0 Å². The molecule has 0 aliphatic carbocycles. The van der Waals surface area contributed by atoms with E-state index >= 15 is 0 Å². The summed E-state index contributed by atoms with van der Waals surface area (Å²) in [6.07, 6.45) is 16.7. The summed E-state index contributed by atoms with van der Waals surface area (Å²) in [4.78, 5) is 14.3. The highest BCUT2D eigenvalue weighted by molar-refractivity contribution is 5.42. The maximum absolute atomic E-state index is 4.81. The largest absolute Gasteiger partial charge is 0.356 e. The zero-order chi connectivity index (χ0) is 21.2. The van der Waals surface area contributed by atoms with E-state index < -0.39 is 0 Å². The van der Waals surface area contributed by atoms with Gasteiger partial charge < -0.3 is 10.2 Å². The van der Waals surface area contributed by atoms with Gasteiger partial charge in [0.25, 0.3) is 0 Å². The fourth-order valence-electron chi connectivity index (χ4n) is 4.45. The van der Waals surface area contributed by atoms with Crippen LogP contribution < -0.4 is 10.2 Å². The van der Waals surface area contributed by atoms with Crippen molar-refractivity contribution in [1.82, 2.24) is 14.9 Å². The molecule has 2 aliphatic rings. The fourth-order valence-corrected chi connectivity index (χ4v) is 4.45. The van der Waals surface area contributed by atoms with Crippen molar-refractivity contribution in [3.05, 3.63) is 35.6 Å². The second-order valence-electron chi connectivity index (χ2n) is 9.18. The predicted octanol–water partition coefficient (Wildman–Crippen LogP) is 5.43. The molecule has 3 heterocycles. The van der Waals surface area contributed by atoms with Crippen LogP contribution in [-0.4, -0.2) is 53.6 Å². The molecule has 0 amide bonds. The lowest BCUT2D eigenvalue weighted by Gasteiger charge is -2.24. The van der Waals surface area contributed by atoms with Crippen LogP contribution in [0.25, 0.3) is 0 Å². The molecule has 5 nitrogen and oxygen atoms in total. The van der Waals surface area contributed by atoms with Crippen molar-refractivity contribution in [1.29, 1.82) is 0 Å². The topological polar surface area (TPSA) is 44.3 Å². The summed E-state index contributed by atoms with van der Waals surface area (Å²) < 4.78 is 0. The quantitative estimate of drug-likeness (QED) is 0.549. The number of anilines is 2. The summed E-state index contributed by atoms with van der Waals surface area (Å²) in [6.45, 7) is 12.0. The second kappa shape index (κ2) is 12.1. The van der Waals surface area contributed by atoms with Crippen LogP contribution in [0.1, 0.15) is 72.1 Å². The Kier molecular flexibility index (Phi) is 9.19. The first-order valence-electron chi connectivity index (χ1n) is 12.0. The monoisotopic (exact) mass is 411 g/mol. The molecule has 1 N–H and O–H groups in total. The van der Waals surface area contributed by atoms with E-state index in [2.05, 4.69) is 59.1 Å². The summed E-state index contributed by atoms with van der Waals surface area (Å²) in [5.41, 5.74) is 2.91. The molecule has 1 atom stereocenters. The number of nitrogens with one attached hydrogen (secondary N) is 1. The van der Waals surface area contributed by atoms with Gasteiger partial charge in [-0.1, -0.05) is 36.1 Å². The molecule has 0 saturated carbocycles. The van der Waals surface area contributed by atoms with Crippen LogP contribution in [-0.2, 0) is 0 Å². The summed E-state index contributed by atoms with van der Waals surface area (Å²) in [7, 11) is 0. The smallest absolute Gasteiger partial charge is 0.224 e. The van der Waals surface area contributed by atoms with Gasteiger partial charge in [-0.25, -0.2) is 4.98 Å². The third-order valence-corrected chi connectivity index (χ3v) is 6.33. The first-order chi connectivity index (χ1) is 14.6. The normalized spacial score (nSPS) is 20.8. The van der Waals surface area contributed by atoms with E-state index in [1.165, 1.54) is 62.6 Å². The van der Waals surface area contributed by atoms with Gasteiger partial charge >= 0.3 is 0 Å². The molecule has 166 valence electrons. The van der Waals surface area contributed by atoms with Crippen molar-refractivity contribution < 1.29 is 0 Å². The number of likely N-dealkylation sites (tertiary alicyclic amines) is 1. The van der Waals surface area contributed by atoms with Crippen LogP contribution in [0.4, 0.5) is 11.8 Å². The van der Waals surface area contributed by atoms with E-state index in [0.29, 0.717) is 6.04 Å². The molecule has 2 aliphatic heterocycles. The average molecular weight is 412 g/mol. The summed E-state index contributed by atoms with van der Waals surface area (Å²) in [6, 6.07) is 2.62. The SMILES string of the molecule is CC(C)=CCC/C(C)=C/CN1CCCC1CNc1nccc(N2CCCCCC2)n1. The Morgan fingerprint density at radius 1 is 1.07 bits per heavy atom. The van der Waals surface area contributed by atoms with Gasteiger partial charge in [0.1, 0.15) is 5.82 Å². The number of rotatable bonds is 9. The van der Waals surface area contributed by atoms with Crippen molar-refractivity contribution in [2.24, 2.45) is 0 Å². The van der Waals surface area contributed by atoms with E-state index in [1.54, 1.807) is 0 Å². The van der Waals surface area contributed by atoms with Crippen molar-refractivity contribution >= 4 is 11.8 Å². The molecule has 0 spiro atoms. The average Bonchev–Trinajstić information content (AvgIpc) is 3.00. The molecular weight excluding hydrogens is 370 g/mol. The molecule has 0 radical (unpaired) electrons. The Balaban J connectivity index is 1.48. The molecule has 30 heavy (non-hydrogen) atoms. The Bertz CT molecular complexity index is 699. The standard InChI is InChI=1S/C25H41N5/c1-21(2)10-8-11-22(3)14-19-29-18-9-12-23(29)20-27-25-26-15-13-24(28-25)30-16-6-4-5-7-17-30/h10,13-15,23H,4-9,11-12,16-20H2,1-3H3,(H,26,27,28)/b22-14+.